The molecular weight excluding hydrogens is 371 g/mol. The topological polar surface area (TPSA) is 17.8 Å². The van der Waals surface area contributed by atoms with Crippen LogP contribution in [0.1, 0.15) is 44.8 Å². The first-order valence-corrected chi connectivity index (χ1v) is 8.30. The molecule has 104 valence electrons. The lowest BCUT2D eigenvalue weighted by Crippen LogP contribution is -2.05. The van der Waals surface area contributed by atoms with Gasteiger partial charge in [-0.2, -0.15) is 0 Å². The van der Waals surface area contributed by atoms with Gasteiger partial charge in [-0.1, -0.05) is 13.8 Å². The summed E-state index contributed by atoms with van der Waals surface area (Å²) in [5.74, 6) is 1.73. The molecule has 1 unspecified atom stereocenters. The van der Waals surface area contributed by atoms with Crippen molar-refractivity contribution in [3.63, 3.8) is 0 Å². The number of nitrogens with zero attached hydrogens (tertiary/aromatic N) is 2. The minimum absolute atomic E-state index is 0.0517. The summed E-state index contributed by atoms with van der Waals surface area (Å²) < 4.78 is 3.50. The van der Waals surface area contributed by atoms with E-state index in [-0.39, 0.29) is 5.38 Å². The third-order valence-electron chi connectivity index (χ3n) is 3.26. The summed E-state index contributed by atoms with van der Waals surface area (Å²) in [6.07, 6.45) is 2.41. The maximum atomic E-state index is 6.28. The van der Waals surface area contributed by atoms with Crippen molar-refractivity contribution in [1.29, 1.82) is 0 Å². The van der Waals surface area contributed by atoms with Gasteiger partial charge in [0.2, 0.25) is 0 Å². The molecule has 4 heteroatoms. The van der Waals surface area contributed by atoms with E-state index in [2.05, 4.69) is 59.2 Å². The van der Waals surface area contributed by atoms with E-state index in [0.29, 0.717) is 0 Å². The highest BCUT2D eigenvalue weighted by atomic mass is 127. The third-order valence-corrected chi connectivity index (χ3v) is 4.12. The Labute approximate surface area is 133 Å². The number of rotatable bonds is 5. The average Bonchev–Trinajstić information content (AvgIpc) is 2.67. The molecule has 0 fully saturated rings. The maximum absolute atomic E-state index is 6.28. The minimum Gasteiger partial charge on any atom is -0.327 e. The standard InChI is InChI=1S/C15H20ClIN2/c1-10(2)5-4-8-19-14-7-6-12(17)9-13(14)18-15(19)11(3)16/h6-7,9-11H,4-5,8H2,1-3H3. The van der Waals surface area contributed by atoms with Crippen LogP contribution < -0.4 is 0 Å². The second kappa shape index (κ2) is 6.44. The summed E-state index contributed by atoms with van der Waals surface area (Å²) in [5, 5.41) is -0.0517. The van der Waals surface area contributed by atoms with Crippen molar-refractivity contribution in [2.45, 2.75) is 45.5 Å². The van der Waals surface area contributed by atoms with Gasteiger partial charge in [0.1, 0.15) is 5.82 Å². The number of aryl methyl sites for hydroxylation is 1. The van der Waals surface area contributed by atoms with Crippen molar-refractivity contribution < 1.29 is 0 Å². The first-order chi connectivity index (χ1) is 8.99. The van der Waals surface area contributed by atoms with Crippen molar-refractivity contribution in [2.75, 3.05) is 0 Å². The predicted molar refractivity (Wildman–Crippen MR) is 90.8 cm³/mol. The highest BCUT2D eigenvalue weighted by Crippen LogP contribution is 2.26. The largest absolute Gasteiger partial charge is 0.327 e. The van der Waals surface area contributed by atoms with E-state index in [1.54, 1.807) is 0 Å². The quantitative estimate of drug-likeness (QED) is 0.495. The first kappa shape index (κ1) is 15.1. The molecule has 1 aromatic heterocycles. The first-order valence-electron chi connectivity index (χ1n) is 6.78. The molecule has 0 saturated heterocycles. The van der Waals surface area contributed by atoms with Crippen molar-refractivity contribution >= 4 is 45.2 Å². The van der Waals surface area contributed by atoms with Crippen LogP contribution in [0.4, 0.5) is 0 Å². The Morgan fingerprint density at radius 1 is 1.32 bits per heavy atom. The van der Waals surface area contributed by atoms with Crippen LogP contribution in [0.15, 0.2) is 18.2 Å². The number of fused-ring (bicyclic) bond motifs is 1. The number of hydrogen-bond donors (Lipinski definition) is 0. The van der Waals surface area contributed by atoms with Gasteiger partial charge >= 0.3 is 0 Å². The van der Waals surface area contributed by atoms with Crippen LogP contribution in [0.2, 0.25) is 0 Å². The van der Waals surface area contributed by atoms with Crippen LogP contribution in [0, 0.1) is 9.49 Å². The molecule has 2 rings (SSSR count). The molecular formula is C15H20ClIN2. The molecule has 0 aliphatic carbocycles. The molecule has 2 aromatic rings. The van der Waals surface area contributed by atoms with Gasteiger partial charge < -0.3 is 4.57 Å². The maximum Gasteiger partial charge on any atom is 0.127 e. The van der Waals surface area contributed by atoms with E-state index in [1.807, 2.05) is 6.92 Å². The van der Waals surface area contributed by atoms with Crippen molar-refractivity contribution in [2.24, 2.45) is 5.92 Å². The number of alkyl halides is 1. The second-order valence-electron chi connectivity index (χ2n) is 5.41. The number of aromatic nitrogens is 2. The zero-order valence-electron chi connectivity index (χ0n) is 11.7. The lowest BCUT2D eigenvalue weighted by atomic mass is 10.1. The fourth-order valence-electron chi connectivity index (χ4n) is 2.32. The van der Waals surface area contributed by atoms with Crippen LogP contribution in [0.25, 0.3) is 11.0 Å². The molecule has 0 spiro atoms. The van der Waals surface area contributed by atoms with E-state index >= 15 is 0 Å². The second-order valence-corrected chi connectivity index (χ2v) is 7.31. The Balaban J connectivity index is 2.35. The molecule has 0 aliphatic rings. The van der Waals surface area contributed by atoms with E-state index in [4.69, 9.17) is 16.6 Å². The molecule has 19 heavy (non-hydrogen) atoms. The minimum atomic E-state index is -0.0517. The van der Waals surface area contributed by atoms with Gasteiger partial charge in [0.15, 0.2) is 0 Å². The highest BCUT2D eigenvalue weighted by molar-refractivity contribution is 14.1. The third kappa shape index (κ3) is 3.63. The molecule has 0 aliphatic heterocycles. The zero-order chi connectivity index (χ0) is 14.0. The van der Waals surface area contributed by atoms with Crippen LogP contribution in [0.5, 0.6) is 0 Å². The smallest absolute Gasteiger partial charge is 0.127 e. The lowest BCUT2D eigenvalue weighted by Gasteiger charge is -2.11. The zero-order valence-corrected chi connectivity index (χ0v) is 14.6. The molecule has 1 atom stereocenters. The number of hydrogen-bond acceptors (Lipinski definition) is 1. The summed E-state index contributed by atoms with van der Waals surface area (Å²) in [4.78, 5) is 4.70. The molecule has 0 amide bonds. The monoisotopic (exact) mass is 390 g/mol. The molecule has 2 nitrogen and oxygen atoms in total. The van der Waals surface area contributed by atoms with Crippen LogP contribution in [-0.2, 0) is 6.54 Å². The Morgan fingerprint density at radius 2 is 2.05 bits per heavy atom. The summed E-state index contributed by atoms with van der Waals surface area (Å²) in [6, 6.07) is 6.41. The number of halogens is 2. The van der Waals surface area contributed by atoms with Crippen LogP contribution in [-0.4, -0.2) is 9.55 Å². The summed E-state index contributed by atoms with van der Waals surface area (Å²) in [6.45, 7) is 7.52. The van der Waals surface area contributed by atoms with E-state index in [0.717, 1.165) is 23.8 Å². The fraction of sp³-hybridized carbons (Fsp3) is 0.533. The Hall–Kier alpha value is -0.290. The van der Waals surface area contributed by atoms with Gasteiger partial charge in [-0.05, 0) is 66.5 Å². The van der Waals surface area contributed by atoms with Gasteiger partial charge in [-0.15, -0.1) is 11.6 Å². The van der Waals surface area contributed by atoms with E-state index < -0.39 is 0 Å². The van der Waals surface area contributed by atoms with Gasteiger partial charge in [0, 0.05) is 10.1 Å². The predicted octanol–water partition coefficient (Wildman–Crippen LogP) is 5.38. The van der Waals surface area contributed by atoms with Crippen molar-refractivity contribution in [1.82, 2.24) is 9.55 Å². The molecule has 0 saturated carbocycles. The van der Waals surface area contributed by atoms with E-state index in [1.165, 1.54) is 21.9 Å². The average molecular weight is 391 g/mol. The van der Waals surface area contributed by atoms with Crippen LogP contribution in [0.3, 0.4) is 0 Å². The van der Waals surface area contributed by atoms with Gasteiger partial charge in [0.25, 0.3) is 0 Å². The Bertz CT molecular complexity index is 561. The van der Waals surface area contributed by atoms with Crippen molar-refractivity contribution in [3.05, 3.63) is 27.6 Å². The molecule has 0 N–H and O–H groups in total. The molecule has 0 bridgehead atoms. The lowest BCUT2D eigenvalue weighted by molar-refractivity contribution is 0.509. The SMILES string of the molecule is CC(C)CCCn1c(C(C)Cl)nc2cc(I)ccc21. The highest BCUT2D eigenvalue weighted by Gasteiger charge is 2.14. The Morgan fingerprint density at radius 3 is 2.68 bits per heavy atom. The summed E-state index contributed by atoms with van der Waals surface area (Å²) in [5.41, 5.74) is 2.26. The summed E-state index contributed by atoms with van der Waals surface area (Å²) in [7, 11) is 0. The van der Waals surface area contributed by atoms with Gasteiger partial charge in [-0.25, -0.2) is 4.98 Å². The Kier molecular flexibility index (Phi) is 5.12. The van der Waals surface area contributed by atoms with Gasteiger partial charge in [-0.3, -0.25) is 0 Å². The molecule has 1 aromatic carbocycles. The van der Waals surface area contributed by atoms with Crippen LogP contribution >= 0.6 is 34.2 Å². The van der Waals surface area contributed by atoms with Gasteiger partial charge in [0.05, 0.1) is 16.4 Å². The number of benzene rings is 1. The summed E-state index contributed by atoms with van der Waals surface area (Å²) >= 11 is 8.60. The fourth-order valence-corrected chi connectivity index (χ4v) is 2.96. The van der Waals surface area contributed by atoms with Crippen molar-refractivity contribution in [3.8, 4) is 0 Å². The molecule has 0 radical (unpaired) electrons. The molecule has 1 heterocycles. The van der Waals surface area contributed by atoms with E-state index in [9.17, 15) is 0 Å². The normalized spacial score (nSPS) is 13.4. The number of imidazole rings is 1.